The number of hydrogen-bond acceptors (Lipinski definition) is 7. The molecular weight excluding hydrogens is 480 g/mol. The fraction of sp³-hybridized carbons (Fsp3) is 0.182. The Bertz CT molecular complexity index is 1430. The zero-order chi connectivity index (χ0) is 25.0. The Morgan fingerprint density at radius 2 is 1.91 bits per heavy atom. The van der Waals surface area contributed by atoms with E-state index in [1.807, 2.05) is 24.3 Å². The van der Waals surface area contributed by atoms with Gasteiger partial charge in [-0.2, -0.15) is 4.98 Å². The summed E-state index contributed by atoms with van der Waals surface area (Å²) in [7, 11) is -4.65. The minimum absolute atomic E-state index is 0.194. The van der Waals surface area contributed by atoms with Gasteiger partial charge in [0.15, 0.2) is 11.6 Å². The Hall–Kier alpha value is -3.70. The number of H-pyrrole nitrogens is 1. The van der Waals surface area contributed by atoms with Gasteiger partial charge in [0.25, 0.3) is 5.82 Å². The molecule has 0 spiro atoms. The number of rotatable bonds is 9. The summed E-state index contributed by atoms with van der Waals surface area (Å²) in [6.07, 6.45) is 3.82. The maximum atomic E-state index is 13.7. The molecule has 0 bridgehead atoms. The largest absolute Gasteiger partial charge is 0.472 e. The number of nitrogens with two attached hydrogens (primary N) is 1. The van der Waals surface area contributed by atoms with E-state index in [0.717, 1.165) is 17.3 Å². The SMILES string of the molecule is Nc1c(-c2cc(Cc3ccc(CCc4[nH]c(=O)ncc4F)cc3)no2)ccc[n+]1COP(=O)(O)O. The average Bonchev–Trinajstić information content (AvgIpc) is 3.27. The Balaban J connectivity index is 1.41. The third-order valence-electron chi connectivity index (χ3n) is 5.22. The lowest BCUT2D eigenvalue weighted by Gasteiger charge is -2.07. The molecule has 0 aliphatic carbocycles. The molecule has 4 aromatic rings. The quantitative estimate of drug-likeness (QED) is 0.197. The molecule has 0 fully saturated rings. The highest BCUT2D eigenvalue weighted by Crippen LogP contribution is 2.35. The van der Waals surface area contributed by atoms with Crippen LogP contribution in [0.2, 0.25) is 0 Å². The lowest BCUT2D eigenvalue weighted by molar-refractivity contribution is -0.711. The van der Waals surface area contributed by atoms with Gasteiger partial charge in [-0.1, -0.05) is 29.4 Å². The molecule has 0 saturated heterocycles. The van der Waals surface area contributed by atoms with Crippen molar-refractivity contribution in [3.63, 3.8) is 0 Å². The molecule has 182 valence electrons. The first-order valence-corrected chi connectivity index (χ1v) is 12.0. The molecule has 0 saturated carbocycles. The van der Waals surface area contributed by atoms with E-state index in [1.54, 1.807) is 18.2 Å². The smallest absolute Gasteiger partial charge is 0.356 e. The monoisotopic (exact) mass is 502 g/mol. The van der Waals surface area contributed by atoms with Crippen molar-refractivity contribution >= 4 is 13.6 Å². The molecule has 5 N–H and O–H groups in total. The zero-order valence-electron chi connectivity index (χ0n) is 18.3. The number of aryl methyl sites for hydroxylation is 2. The van der Waals surface area contributed by atoms with Crippen molar-refractivity contribution < 1.29 is 32.4 Å². The van der Waals surface area contributed by atoms with Crippen LogP contribution in [0.25, 0.3) is 11.3 Å². The molecule has 0 aliphatic heterocycles. The molecular formula is C22H22FN5O6P+. The van der Waals surface area contributed by atoms with E-state index in [9.17, 15) is 13.8 Å². The Labute approximate surface area is 198 Å². The van der Waals surface area contributed by atoms with Crippen LogP contribution >= 0.6 is 7.82 Å². The topological polar surface area (TPSA) is 168 Å². The van der Waals surface area contributed by atoms with Crippen LogP contribution in [0.15, 0.2) is 64.2 Å². The summed E-state index contributed by atoms with van der Waals surface area (Å²) in [6, 6.07) is 12.8. The van der Waals surface area contributed by atoms with E-state index in [4.69, 9.17) is 20.0 Å². The summed E-state index contributed by atoms with van der Waals surface area (Å²) < 4.78 is 36.0. The predicted octanol–water partition coefficient (Wildman–Crippen LogP) is 1.88. The Morgan fingerprint density at radius 3 is 2.66 bits per heavy atom. The number of phosphoric acid groups is 1. The predicted molar refractivity (Wildman–Crippen MR) is 121 cm³/mol. The lowest BCUT2D eigenvalue weighted by Crippen LogP contribution is -2.38. The summed E-state index contributed by atoms with van der Waals surface area (Å²) in [5, 5.41) is 4.08. The van der Waals surface area contributed by atoms with Crippen LogP contribution in [0.3, 0.4) is 0 Å². The van der Waals surface area contributed by atoms with Gasteiger partial charge in [-0.3, -0.25) is 5.73 Å². The fourth-order valence-electron chi connectivity index (χ4n) is 3.44. The van der Waals surface area contributed by atoms with E-state index < -0.39 is 26.1 Å². The van der Waals surface area contributed by atoms with Gasteiger partial charge in [0.05, 0.1) is 23.8 Å². The van der Waals surface area contributed by atoms with E-state index in [-0.39, 0.29) is 11.5 Å². The first kappa shape index (κ1) is 24.4. The van der Waals surface area contributed by atoms with Crippen LogP contribution in [-0.2, 0) is 35.1 Å². The Kier molecular flexibility index (Phi) is 7.17. The number of nitrogens with one attached hydrogen (secondary N) is 1. The van der Waals surface area contributed by atoms with E-state index in [2.05, 4.69) is 19.6 Å². The highest BCUT2D eigenvalue weighted by molar-refractivity contribution is 7.46. The van der Waals surface area contributed by atoms with Crippen LogP contribution in [-0.4, -0.2) is 24.9 Å². The second-order valence-corrected chi connectivity index (χ2v) is 8.96. The molecule has 0 unspecified atom stereocenters. The summed E-state index contributed by atoms with van der Waals surface area (Å²) in [6.45, 7) is -0.429. The molecule has 3 aromatic heterocycles. The first-order valence-electron chi connectivity index (χ1n) is 10.4. The Morgan fingerprint density at radius 1 is 1.17 bits per heavy atom. The lowest BCUT2D eigenvalue weighted by atomic mass is 10.0. The number of pyridine rings is 1. The van der Waals surface area contributed by atoms with Crippen molar-refractivity contribution in [3.8, 4) is 11.3 Å². The summed E-state index contributed by atoms with van der Waals surface area (Å²) in [5.41, 5.74) is 8.86. The number of anilines is 1. The van der Waals surface area contributed by atoms with Gasteiger partial charge in [0.1, 0.15) is 5.56 Å². The number of aromatic amines is 1. The van der Waals surface area contributed by atoms with Crippen molar-refractivity contribution in [1.82, 2.24) is 15.1 Å². The van der Waals surface area contributed by atoms with Crippen molar-refractivity contribution in [2.75, 3.05) is 5.73 Å². The van der Waals surface area contributed by atoms with E-state index >= 15 is 0 Å². The molecule has 0 aliphatic rings. The van der Waals surface area contributed by atoms with E-state index in [0.29, 0.717) is 36.3 Å². The molecule has 0 amide bonds. The standard InChI is InChI=1S/C22H21FN5O6P/c23-18-12-25-22(29)26-19(18)8-7-14-3-5-15(6-4-14)10-16-11-20(34-27-16)17-2-1-9-28(21(17)24)13-33-35(30,31)32/h1-6,9,11-12,24H,7-8,10,13H2,(H3,25,26,29,30,31,32)/p+1. The number of phosphoric ester groups is 1. The number of benzene rings is 1. The highest BCUT2D eigenvalue weighted by Gasteiger charge is 2.20. The van der Waals surface area contributed by atoms with Crippen LogP contribution in [0.5, 0.6) is 0 Å². The van der Waals surface area contributed by atoms with Gasteiger partial charge >= 0.3 is 13.5 Å². The molecule has 11 nitrogen and oxygen atoms in total. The summed E-state index contributed by atoms with van der Waals surface area (Å²) >= 11 is 0. The zero-order valence-corrected chi connectivity index (χ0v) is 19.2. The molecule has 13 heteroatoms. The third-order valence-corrected chi connectivity index (χ3v) is 5.67. The first-order chi connectivity index (χ1) is 16.7. The number of aromatic nitrogens is 4. The molecule has 0 atom stereocenters. The number of nitrogens with zero attached hydrogens (tertiary/aromatic N) is 3. The number of nitrogen functional groups attached to an aromatic ring is 1. The summed E-state index contributed by atoms with van der Waals surface area (Å²) in [5.74, 6) is 0.0509. The van der Waals surface area contributed by atoms with E-state index in [1.165, 1.54) is 10.8 Å². The maximum Gasteiger partial charge on any atom is 0.472 e. The van der Waals surface area contributed by atoms with Gasteiger partial charge in [-0.25, -0.2) is 22.8 Å². The molecule has 4 rings (SSSR count). The van der Waals surface area contributed by atoms with Gasteiger partial charge in [0, 0.05) is 12.5 Å². The minimum atomic E-state index is -4.65. The fourth-order valence-corrected chi connectivity index (χ4v) is 3.72. The van der Waals surface area contributed by atoms with Gasteiger partial charge in [0.2, 0.25) is 6.73 Å². The van der Waals surface area contributed by atoms with Gasteiger partial charge in [-0.05, 0) is 36.1 Å². The van der Waals surface area contributed by atoms with Gasteiger partial charge < -0.3 is 19.3 Å². The normalized spacial score (nSPS) is 11.6. The van der Waals surface area contributed by atoms with Crippen molar-refractivity contribution in [2.45, 2.75) is 26.0 Å². The molecule has 3 heterocycles. The van der Waals surface area contributed by atoms with Crippen LogP contribution in [0.1, 0.15) is 22.5 Å². The third kappa shape index (κ3) is 6.46. The van der Waals surface area contributed by atoms with Crippen molar-refractivity contribution in [2.24, 2.45) is 0 Å². The average molecular weight is 502 g/mol. The van der Waals surface area contributed by atoms with Crippen molar-refractivity contribution in [1.29, 1.82) is 0 Å². The minimum Gasteiger partial charge on any atom is -0.356 e. The highest BCUT2D eigenvalue weighted by atomic mass is 31.2. The second-order valence-electron chi connectivity index (χ2n) is 7.72. The molecule has 1 aromatic carbocycles. The van der Waals surface area contributed by atoms with Crippen LogP contribution in [0, 0.1) is 5.82 Å². The van der Waals surface area contributed by atoms with Gasteiger partial charge in [-0.15, -0.1) is 0 Å². The molecule has 0 radical (unpaired) electrons. The number of halogens is 1. The van der Waals surface area contributed by atoms with Crippen LogP contribution in [0.4, 0.5) is 10.2 Å². The van der Waals surface area contributed by atoms with Crippen molar-refractivity contribution in [3.05, 3.63) is 93.7 Å². The number of hydrogen-bond donors (Lipinski definition) is 4. The summed E-state index contributed by atoms with van der Waals surface area (Å²) in [4.78, 5) is 34.8. The van der Waals surface area contributed by atoms with Crippen LogP contribution < -0.4 is 16.0 Å². The second kappa shape index (κ2) is 10.3. The maximum absolute atomic E-state index is 13.7. The molecule has 35 heavy (non-hydrogen) atoms.